The highest BCUT2D eigenvalue weighted by Crippen LogP contribution is 2.16. The third kappa shape index (κ3) is 55.5. The molecule has 79 heavy (non-hydrogen) atoms. The van der Waals surface area contributed by atoms with Crippen LogP contribution in [0.1, 0.15) is 223 Å². The fraction of sp³-hybridized carbons (Fsp3) is 0.864. The Kier molecular flexibility index (Phi) is 44.9. The molecule has 1 atom stereocenters. The van der Waals surface area contributed by atoms with Crippen molar-refractivity contribution in [3.8, 4) is 0 Å². The molecule has 0 saturated heterocycles. The van der Waals surface area contributed by atoms with Gasteiger partial charge in [0, 0.05) is 71.2 Å². The smallest absolute Gasteiger partial charge is 0.332 e. The first-order chi connectivity index (χ1) is 37.5. The van der Waals surface area contributed by atoms with Gasteiger partial charge in [0.25, 0.3) is 0 Å². The van der Waals surface area contributed by atoms with Crippen LogP contribution in [0, 0.1) is 0 Å². The van der Waals surface area contributed by atoms with E-state index in [1.807, 2.05) is 20.8 Å². The average molecular weight is 1130 g/mol. The number of carbonyl (C=O) groups is 8. The first-order valence-electron chi connectivity index (χ1n) is 29.6. The summed E-state index contributed by atoms with van der Waals surface area (Å²) in [6, 6.07) is -0.748. The molecule has 20 heteroatoms. The number of rotatable bonds is 51. The van der Waals surface area contributed by atoms with Crippen LogP contribution in [0.25, 0.3) is 0 Å². The Hall–Kier alpha value is -4.24. The Bertz CT molecular complexity index is 1660. The second-order valence-electron chi connectivity index (χ2n) is 23.0. The predicted molar refractivity (Wildman–Crippen MR) is 303 cm³/mol. The van der Waals surface area contributed by atoms with Crippen LogP contribution in [-0.2, 0) is 76.3 Å². The molecule has 4 amide bonds. The number of carbonyl (C=O) groups excluding carboxylic acids is 8. The predicted octanol–water partition coefficient (Wildman–Crippen LogP) is 8.25. The van der Waals surface area contributed by atoms with E-state index in [2.05, 4.69) is 21.3 Å². The topological polar surface area (TPSA) is 259 Å². The number of Topliss-reactive ketones (excluding diaryl/α,β-unsaturated/α-hetero) is 1. The molecule has 0 bridgehead atoms. The fourth-order valence-corrected chi connectivity index (χ4v) is 7.70. The summed E-state index contributed by atoms with van der Waals surface area (Å²) in [7, 11) is 0. The van der Waals surface area contributed by atoms with Crippen LogP contribution < -0.4 is 21.3 Å². The molecule has 0 unspecified atom stereocenters. The van der Waals surface area contributed by atoms with E-state index >= 15 is 0 Å². The van der Waals surface area contributed by atoms with Crippen molar-refractivity contribution in [1.29, 1.82) is 0 Å². The molecule has 460 valence electrons. The molecule has 0 saturated carbocycles. The van der Waals surface area contributed by atoms with Gasteiger partial charge in [-0.3, -0.25) is 28.8 Å². The van der Waals surface area contributed by atoms with Crippen LogP contribution >= 0.6 is 0 Å². The number of unbranched alkanes of at least 4 members (excludes halogenated alkanes) is 14. The summed E-state index contributed by atoms with van der Waals surface area (Å²) in [5, 5.41) is 11.2. The number of amides is 4. The molecule has 0 heterocycles. The van der Waals surface area contributed by atoms with Crippen molar-refractivity contribution in [2.45, 2.75) is 246 Å². The molecule has 0 aliphatic rings. The van der Waals surface area contributed by atoms with Crippen LogP contribution in [0.15, 0.2) is 0 Å². The van der Waals surface area contributed by atoms with Crippen molar-refractivity contribution in [2.75, 3.05) is 85.7 Å². The van der Waals surface area contributed by atoms with Gasteiger partial charge in [-0.15, -0.1) is 0 Å². The Morgan fingerprint density at radius 3 is 1.23 bits per heavy atom. The van der Waals surface area contributed by atoms with Gasteiger partial charge < -0.3 is 59.2 Å². The number of esters is 3. The third-order valence-electron chi connectivity index (χ3n) is 11.6. The Morgan fingerprint density at radius 2 is 0.747 bits per heavy atom. The van der Waals surface area contributed by atoms with Crippen molar-refractivity contribution in [3.05, 3.63) is 0 Å². The summed E-state index contributed by atoms with van der Waals surface area (Å²) in [5.74, 6) is -1.79. The summed E-state index contributed by atoms with van der Waals surface area (Å²) in [4.78, 5) is 97.7. The van der Waals surface area contributed by atoms with Crippen LogP contribution in [0.5, 0.6) is 0 Å². The maximum absolute atomic E-state index is 13.0. The van der Waals surface area contributed by atoms with Gasteiger partial charge in [0.1, 0.15) is 35.2 Å². The highest BCUT2D eigenvalue weighted by Gasteiger charge is 2.26. The largest absolute Gasteiger partial charge is 0.460 e. The molecule has 4 N–H and O–H groups in total. The average Bonchev–Trinajstić information content (AvgIpc) is 3.34. The van der Waals surface area contributed by atoms with Crippen LogP contribution in [0.4, 0.5) is 0 Å². The van der Waals surface area contributed by atoms with E-state index in [0.29, 0.717) is 84.6 Å². The minimum atomic E-state index is -0.748. The molecule has 0 radical (unpaired) electrons. The quantitative estimate of drug-likeness (QED) is 0.0254. The lowest BCUT2D eigenvalue weighted by atomic mass is 10.0. The van der Waals surface area contributed by atoms with Crippen molar-refractivity contribution >= 4 is 47.3 Å². The molecule has 0 aromatic rings. The SMILES string of the molecule is CC(C)(C)OC(=O)CCCCCCCCCCCCCCCCC(=O)N[C@@H](CCCCNC(=O)CCOCCOCCNC(=O)CCOCCOCCNC(=O)CCC(=O)CCCOCC(=O)OC(C)(C)C)C(=O)OC(C)(C)C. The number of nitrogens with one attached hydrogen (secondary N) is 4. The molecule has 0 fully saturated rings. The van der Waals surface area contributed by atoms with Gasteiger partial charge in [0.15, 0.2) is 0 Å². The molecule has 0 aromatic carbocycles. The zero-order chi connectivity index (χ0) is 59.1. The zero-order valence-electron chi connectivity index (χ0n) is 50.5. The van der Waals surface area contributed by atoms with E-state index in [1.54, 1.807) is 41.5 Å². The minimum absolute atomic E-state index is 0.0557. The normalized spacial score (nSPS) is 12.1. The van der Waals surface area contributed by atoms with E-state index in [-0.39, 0.29) is 107 Å². The molecule has 20 nitrogen and oxygen atoms in total. The van der Waals surface area contributed by atoms with Crippen LogP contribution in [0.3, 0.4) is 0 Å². The van der Waals surface area contributed by atoms with E-state index in [4.69, 9.17) is 37.9 Å². The molecular formula is C59H108N4O16. The monoisotopic (exact) mass is 1130 g/mol. The van der Waals surface area contributed by atoms with E-state index in [0.717, 1.165) is 38.5 Å². The molecule has 0 spiro atoms. The van der Waals surface area contributed by atoms with Gasteiger partial charge in [-0.05, 0) is 101 Å². The maximum Gasteiger partial charge on any atom is 0.332 e. The molecule has 0 aliphatic heterocycles. The van der Waals surface area contributed by atoms with E-state index in [9.17, 15) is 38.4 Å². The highest BCUT2D eigenvalue weighted by atomic mass is 16.6. The van der Waals surface area contributed by atoms with Gasteiger partial charge in [-0.25, -0.2) is 9.59 Å². The summed E-state index contributed by atoms with van der Waals surface area (Å²) in [6.07, 6.45) is 19.7. The number of hydrogen-bond acceptors (Lipinski definition) is 16. The molecule has 0 rings (SSSR count). The van der Waals surface area contributed by atoms with Crippen LogP contribution in [-0.4, -0.2) is 156 Å². The maximum atomic E-state index is 13.0. The summed E-state index contributed by atoms with van der Waals surface area (Å²) >= 11 is 0. The van der Waals surface area contributed by atoms with Crippen molar-refractivity contribution < 1.29 is 76.3 Å². The summed E-state index contributed by atoms with van der Waals surface area (Å²) in [6.45, 7) is 19.8. The minimum Gasteiger partial charge on any atom is -0.460 e. The van der Waals surface area contributed by atoms with Gasteiger partial charge in [-0.1, -0.05) is 77.0 Å². The first kappa shape index (κ1) is 74.8. The Labute approximate surface area is 474 Å². The first-order valence-corrected chi connectivity index (χ1v) is 29.6. The van der Waals surface area contributed by atoms with Crippen molar-refractivity contribution in [2.24, 2.45) is 0 Å². The third-order valence-corrected chi connectivity index (χ3v) is 11.6. The highest BCUT2D eigenvalue weighted by molar-refractivity contribution is 5.85. The Balaban J connectivity index is 3.85. The van der Waals surface area contributed by atoms with Gasteiger partial charge in [-0.2, -0.15) is 0 Å². The van der Waals surface area contributed by atoms with Gasteiger partial charge in [0.05, 0.1) is 52.9 Å². The van der Waals surface area contributed by atoms with E-state index < -0.39 is 34.8 Å². The Morgan fingerprint density at radius 1 is 0.329 bits per heavy atom. The lowest BCUT2D eigenvalue weighted by Crippen LogP contribution is -2.44. The lowest BCUT2D eigenvalue weighted by Gasteiger charge is -2.24. The van der Waals surface area contributed by atoms with Crippen molar-refractivity contribution in [3.63, 3.8) is 0 Å². The fourth-order valence-electron chi connectivity index (χ4n) is 7.70. The molecule has 0 aromatic heterocycles. The number of ketones is 1. The zero-order valence-corrected chi connectivity index (χ0v) is 50.5. The van der Waals surface area contributed by atoms with Crippen LogP contribution in [0.2, 0.25) is 0 Å². The van der Waals surface area contributed by atoms with Crippen molar-refractivity contribution in [1.82, 2.24) is 21.3 Å². The second-order valence-corrected chi connectivity index (χ2v) is 23.0. The van der Waals surface area contributed by atoms with E-state index in [1.165, 1.54) is 51.4 Å². The summed E-state index contributed by atoms with van der Waals surface area (Å²) in [5.41, 5.74) is -1.67. The molecular weight excluding hydrogens is 1020 g/mol. The lowest BCUT2D eigenvalue weighted by molar-refractivity contribution is -0.160. The van der Waals surface area contributed by atoms with Gasteiger partial charge >= 0.3 is 17.9 Å². The number of hydrogen-bond donors (Lipinski definition) is 4. The van der Waals surface area contributed by atoms with Gasteiger partial charge in [0.2, 0.25) is 23.6 Å². The standard InChI is InChI=1S/C59H108N4O16/c1-57(2,3)77-54(69)30-23-21-19-17-15-13-11-10-12-14-16-18-20-22-29-53(68)63-49(56(71)79-59(7,8)9)28-24-25-35-60-51(66)33-39-72-43-46-75-42-37-62-52(67)34-40-73-44-45-74-41-36-61-50(65)32-31-48(64)27-26-38-76-47-55(70)78-58(4,5)6/h49H,10-47H2,1-9H3,(H,60,66)(H,61,65)(H,62,67)(H,63,68)/t49-/m0/s1. The summed E-state index contributed by atoms with van der Waals surface area (Å²) < 4.78 is 43.2. The molecule has 0 aliphatic carbocycles. The number of ether oxygens (including phenoxy) is 8. The second kappa shape index (κ2) is 47.4.